The molecule has 1 saturated heterocycles. The fourth-order valence-electron chi connectivity index (χ4n) is 2.31. The minimum absolute atomic E-state index is 0.0210. The van der Waals surface area contributed by atoms with E-state index >= 15 is 0 Å². The number of hydrogen-bond acceptors (Lipinski definition) is 3. The molecule has 0 spiro atoms. The third-order valence-electron chi connectivity index (χ3n) is 3.40. The Bertz CT molecular complexity index is 346. The quantitative estimate of drug-likeness (QED) is 0.845. The summed E-state index contributed by atoms with van der Waals surface area (Å²) in [5.74, 6) is 0.885. The van der Waals surface area contributed by atoms with Crippen molar-refractivity contribution in [2.45, 2.75) is 18.3 Å². The Balaban J connectivity index is 2.31. The summed E-state index contributed by atoms with van der Waals surface area (Å²) in [7, 11) is 1.69. The van der Waals surface area contributed by atoms with E-state index in [2.05, 4.69) is 12.1 Å². The van der Waals surface area contributed by atoms with Gasteiger partial charge in [0.25, 0.3) is 0 Å². The van der Waals surface area contributed by atoms with Crippen molar-refractivity contribution in [2.24, 2.45) is 5.73 Å². The second-order valence-electron chi connectivity index (χ2n) is 4.37. The van der Waals surface area contributed by atoms with Crippen LogP contribution in [0.25, 0.3) is 0 Å². The van der Waals surface area contributed by atoms with Crippen LogP contribution in [0, 0.1) is 0 Å². The van der Waals surface area contributed by atoms with Gasteiger partial charge >= 0.3 is 0 Å². The van der Waals surface area contributed by atoms with Crippen LogP contribution in [0.2, 0.25) is 0 Å². The molecule has 0 aliphatic carbocycles. The number of rotatable bonds is 3. The van der Waals surface area contributed by atoms with Crippen LogP contribution in [0.5, 0.6) is 5.75 Å². The lowest BCUT2D eigenvalue weighted by Crippen LogP contribution is -2.42. The minimum atomic E-state index is -0.0210. The smallest absolute Gasteiger partial charge is 0.119 e. The van der Waals surface area contributed by atoms with E-state index in [1.54, 1.807) is 7.11 Å². The van der Waals surface area contributed by atoms with Crippen LogP contribution in [0.4, 0.5) is 0 Å². The number of hydrogen-bond donors (Lipinski definition) is 1. The van der Waals surface area contributed by atoms with Crippen molar-refractivity contribution in [3.8, 4) is 5.75 Å². The maximum Gasteiger partial charge on any atom is 0.119 e. The van der Waals surface area contributed by atoms with Gasteiger partial charge in [0.15, 0.2) is 0 Å². The molecule has 0 aromatic heterocycles. The highest BCUT2D eigenvalue weighted by Gasteiger charge is 2.33. The highest BCUT2D eigenvalue weighted by atomic mass is 16.5. The molecule has 0 saturated carbocycles. The Morgan fingerprint density at radius 1 is 1.50 bits per heavy atom. The summed E-state index contributed by atoms with van der Waals surface area (Å²) in [6, 6.07) is 8.16. The fourth-order valence-corrected chi connectivity index (χ4v) is 2.31. The lowest BCUT2D eigenvalue weighted by molar-refractivity contribution is 0.0376. The normalized spacial score (nSPS) is 25.4. The highest BCUT2D eigenvalue weighted by molar-refractivity contribution is 5.34. The first-order valence-corrected chi connectivity index (χ1v) is 5.73. The van der Waals surface area contributed by atoms with E-state index in [0.717, 1.165) is 31.8 Å². The first-order valence-electron chi connectivity index (χ1n) is 5.73. The zero-order valence-corrected chi connectivity index (χ0v) is 9.74. The molecule has 2 rings (SSSR count). The van der Waals surface area contributed by atoms with Gasteiger partial charge in [0.1, 0.15) is 5.75 Å². The van der Waals surface area contributed by atoms with Gasteiger partial charge in [-0.1, -0.05) is 12.1 Å². The van der Waals surface area contributed by atoms with Crippen molar-refractivity contribution in [1.29, 1.82) is 0 Å². The van der Waals surface area contributed by atoms with E-state index in [9.17, 15) is 0 Å². The predicted molar refractivity (Wildman–Crippen MR) is 63.8 cm³/mol. The molecule has 16 heavy (non-hydrogen) atoms. The third kappa shape index (κ3) is 2.06. The number of benzene rings is 1. The van der Waals surface area contributed by atoms with Crippen LogP contribution in [-0.4, -0.2) is 26.9 Å². The molecule has 1 aliphatic rings. The maximum atomic E-state index is 5.94. The fraction of sp³-hybridized carbons (Fsp3) is 0.538. The van der Waals surface area contributed by atoms with Crippen molar-refractivity contribution < 1.29 is 9.47 Å². The maximum absolute atomic E-state index is 5.94. The Labute approximate surface area is 96.5 Å². The summed E-state index contributed by atoms with van der Waals surface area (Å²) in [5.41, 5.74) is 7.15. The highest BCUT2D eigenvalue weighted by Crippen LogP contribution is 2.33. The monoisotopic (exact) mass is 221 g/mol. The summed E-state index contributed by atoms with van der Waals surface area (Å²) >= 11 is 0. The van der Waals surface area contributed by atoms with Gasteiger partial charge in [-0.15, -0.1) is 0 Å². The molecule has 1 aliphatic heterocycles. The van der Waals surface area contributed by atoms with E-state index in [4.69, 9.17) is 15.2 Å². The van der Waals surface area contributed by atoms with Gasteiger partial charge in [-0.2, -0.15) is 0 Å². The molecular formula is C13H19NO2. The summed E-state index contributed by atoms with van der Waals surface area (Å²) in [4.78, 5) is 0. The van der Waals surface area contributed by atoms with Crippen molar-refractivity contribution >= 4 is 0 Å². The summed E-state index contributed by atoms with van der Waals surface area (Å²) in [6.45, 7) is 2.20. The van der Waals surface area contributed by atoms with Crippen molar-refractivity contribution in [3.63, 3.8) is 0 Å². The zero-order chi connectivity index (χ0) is 11.4. The zero-order valence-electron chi connectivity index (χ0n) is 9.74. The number of ether oxygens (including phenoxy) is 2. The number of methoxy groups -OCH3 is 1. The SMILES string of the molecule is COc1cccc(C2(CN)CCCOC2)c1. The molecule has 1 aromatic carbocycles. The van der Waals surface area contributed by atoms with Gasteiger partial charge in [0, 0.05) is 18.6 Å². The molecule has 1 heterocycles. The Morgan fingerprint density at radius 2 is 2.38 bits per heavy atom. The van der Waals surface area contributed by atoms with Crippen LogP contribution in [0.3, 0.4) is 0 Å². The van der Waals surface area contributed by atoms with Crippen LogP contribution in [0.1, 0.15) is 18.4 Å². The topological polar surface area (TPSA) is 44.5 Å². The first kappa shape index (κ1) is 11.4. The Kier molecular flexibility index (Phi) is 3.46. The van der Waals surface area contributed by atoms with Crippen LogP contribution in [-0.2, 0) is 10.2 Å². The van der Waals surface area contributed by atoms with Crippen molar-refractivity contribution in [1.82, 2.24) is 0 Å². The standard InChI is InChI=1S/C13H19NO2/c1-15-12-5-2-4-11(8-12)13(9-14)6-3-7-16-10-13/h2,4-5,8H,3,6-7,9-10,14H2,1H3. The van der Waals surface area contributed by atoms with Gasteiger partial charge in [0.2, 0.25) is 0 Å². The molecule has 1 aromatic rings. The lowest BCUT2D eigenvalue weighted by atomic mass is 9.76. The first-order chi connectivity index (χ1) is 7.80. The second-order valence-corrected chi connectivity index (χ2v) is 4.37. The van der Waals surface area contributed by atoms with Crippen LogP contribution >= 0.6 is 0 Å². The summed E-state index contributed by atoms with van der Waals surface area (Å²) in [5, 5.41) is 0. The lowest BCUT2D eigenvalue weighted by Gasteiger charge is -2.36. The summed E-state index contributed by atoms with van der Waals surface area (Å²) < 4.78 is 10.8. The predicted octanol–water partition coefficient (Wildman–Crippen LogP) is 1.70. The molecule has 1 fully saturated rings. The second kappa shape index (κ2) is 4.85. The van der Waals surface area contributed by atoms with Crippen LogP contribution in [0.15, 0.2) is 24.3 Å². The average Bonchev–Trinajstić information content (AvgIpc) is 2.39. The molecule has 0 bridgehead atoms. The molecule has 3 heteroatoms. The largest absolute Gasteiger partial charge is 0.497 e. The molecule has 88 valence electrons. The van der Waals surface area contributed by atoms with Gasteiger partial charge in [0.05, 0.1) is 13.7 Å². The third-order valence-corrected chi connectivity index (χ3v) is 3.40. The molecular weight excluding hydrogens is 202 g/mol. The molecule has 0 amide bonds. The van der Waals surface area contributed by atoms with E-state index in [1.807, 2.05) is 12.1 Å². The Hall–Kier alpha value is -1.06. The van der Waals surface area contributed by atoms with E-state index in [1.165, 1.54) is 5.56 Å². The molecule has 1 unspecified atom stereocenters. The summed E-state index contributed by atoms with van der Waals surface area (Å²) in [6.07, 6.45) is 2.17. The average molecular weight is 221 g/mol. The molecule has 3 nitrogen and oxygen atoms in total. The van der Waals surface area contributed by atoms with Gasteiger partial charge < -0.3 is 15.2 Å². The van der Waals surface area contributed by atoms with Crippen molar-refractivity contribution in [3.05, 3.63) is 29.8 Å². The van der Waals surface area contributed by atoms with E-state index in [-0.39, 0.29) is 5.41 Å². The van der Waals surface area contributed by atoms with Crippen molar-refractivity contribution in [2.75, 3.05) is 26.9 Å². The van der Waals surface area contributed by atoms with Crippen LogP contribution < -0.4 is 10.5 Å². The molecule has 0 radical (unpaired) electrons. The van der Waals surface area contributed by atoms with Gasteiger partial charge in [-0.05, 0) is 30.5 Å². The van der Waals surface area contributed by atoms with Gasteiger partial charge in [-0.3, -0.25) is 0 Å². The van der Waals surface area contributed by atoms with E-state index in [0.29, 0.717) is 6.54 Å². The molecule has 2 N–H and O–H groups in total. The minimum Gasteiger partial charge on any atom is -0.497 e. The Morgan fingerprint density at radius 3 is 3.00 bits per heavy atom. The number of nitrogens with two attached hydrogens (primary N) is 1. The van der Waals surface area contributed by atoms with E-state index < -0.39 is 0 Å². The van der Waals surface area contributed by atoms with Gasteiger partial charge in [-0.25, -0.2) is 0 Å². The molecule has 1 atom stereocenters.